The van der Waals surface area contributed by atoms with E-state index in [9.17, 15) is 19.2 Å². The normalized spacial score (nSPS) is 11.0. The van der Waals surface area contributed by atoms with Crippen molar-refractivity contribution in [2.24, 2.45) is 7.05 Å². The molecule has 0 aliphatic rings. The van der Waals surface area contributed by atoms with Crippen molar-refractivity contribution in [3.05, 3.63) is 103 Å². The SMILES string of the molecule is Cc1ccc(C#N)cc1Cn1c(Nc2cc3cn(C)nc3cc2F)nc(=O)n(-c2cncc(Cl)c2)c1=O. The summed E-state index contributed by atoms with van der Waals surface area (Å²) in [6.45, 7) is 1.77. The van der Waals surface area contributed by atoms with Crippen LogP contribution in [0, 0.1) is 24.1 Å². The van der Waals surface area contributed by atoms with E-state index in [1.807, 2.05) is 6.92 Å². The minimum Gasteiger partial charge on any atom is -0.323 e. The van der Waals surface area contributed by atoms with Crippen molar-refractivity contribution in [1.29, 1.82) is 5.26 Å². The van der Waals surface area contributed by atoms with E-state index in [1.165, 1.54) is 35.2 Å². The average molecular weight is 517 g/mol. The molecular weight excluding hydrogens is 499 g/mol. The summed E-state index contributed by atoms with van der Waals surface area (Å²) in [5.41, 5.74) is 0.770. The molecule has 0 atom stereocenters. The smallest absolute Gasteiger partial charge is 0.323 e. The number of aromatic nitrogens is 6. The molecule has 10 nitrogen and oxygen atoms in total. The summed E-state index contributed by atoms with van der Waals surface area (Å²) in [5.74, 6) is -0.817. The molecule has 1 N–H and O–H groups in total. The van der Waals surface area contributed by atoms with Gasteiger partial charge in [-0.15, -0.1) is 0 Å². The van der Waals surface area contributed by atoms with Gasteiger partial charge in [0.25, 0.3) is 0 Å². The van der Waals surface area contributed by atoms with Gasteiger partial charge in [-0.25, -0.2) is 18.5 Å². The number of benzene rings is 2. The van der Waals surface area contributed by atoms with Gasteiger partial charge in [0.2, 0.25) is 5.95 Å². The third kappa shape index (κ3) is 4.57. The lowest BCUT2D eigenvalue weighted by atomic mass is 10.1. The van der Waals surface area contributed by atoms with Crippen LogP contribution in [0.4, 0.5) is 16.0 Å². The largest absolute Gasteiger partial charge is 0.359 e. The molecule has 0 saturated carbocycles. The first-order valence-corrected chi connectivity index (χ1v) is 11.4. The predicted octanol–water partition coefficient (Wildman–Crippen LogP) is 3.44. The van der Waals surface area contributed by atoms with Crippen LogP contribution in [0.3, 0.4) is 0 Å². The Balaban J connectivity index is 1.70. The zero-order valence-corrected chi connectivity index (χ0v) is 20.4. The molecule has 2 aromatic carbocycles. The van der Waals surface area contributed by atoms with Crippen LogP contribution in [-0.2, 0) is 13.6 Å². The zero-order valence-electron chi connectivity index (χ0n) is 19.6. The predicted molar refractivity (Wildman–Crippen MR) is 136 cm³/mol. The van der Waals surface area contributed by atoms with Crippen molar-refractivity contribution in [2.45, 2.75) is 13.5 Å². The number of halogens is 2. The van der Waals surface area contributed by atoms with Crippen molar-refractivity contribution in [3.8, 4) is 11.8 Å². The maximum atomic E-state index is 15.0. The molecule has 0 bridgehead atoms. The molecule has 5 rings (SSSR count). The van der Waals surface area contributed by atoms with Gasteiger partial charge in [-0.1, -0.05) is 17.7 Å². The summed E-state index contributed by atoms with van der Waals surface area (Å²) in [7, 11) is 1.71. The van der Waals surface area contributed by atoms with Gasteiger partial charge in [0.05, 0.1) is 46.3 Å². The van der Waals surface area contributed by atoms with E-state index in [0.29, 0.717) is 22.0 Å². The van der Waals surface area contributed by atoms with Crippen LogP contribution in [0.15, 0.2) is 64.6 Å². The number of pyridine rings is 1. The van der Waals surface area contributed by atoms with E-state index in [-0.39, 0.29) is 28.9 Å². The minimum atomic E-state index is -0.904. The van der Waals surface area contributed by atoms with Gasteiger partial charge in [0, 0.05) is 30.9 Å². The Labute approximate surface area is 213 Å². The van der Waals surface area contributed by atoms with E-state index in [1.54, 1.807) is 36.1 Å². The summed E-state index contributed by atoms with van der Waals surface area (Å²) < 4.78 is 18.5. The summed E-state index contributed by atoms with van der Waals surface area (Å²) >= 11 is 6.03. The Morgan fingerprint density at radius 1 is 1.16 bits per heavy atom. The molecule has 37 heavy (non-hydrogen) atoms. The fraction of sp³-hybridized carbons (Fsp3) is 0.120. The van der Waals surface area contributed by atoms with E-state index in [0.717, 1.165) is 10.1 Å². The Hall–Kier alpha value is -4.82. The third-order valence-corrected chi connectivity index (χ3v) is 5.99. The molecule has 0 amide bonds. The summed E-state index contributed by atoms with van der Waals surface area (Å²) in [6.07, 6.45) is 4.39. The highest BCUT2D eigenvalue weighted by Crippen LogP contribution is 2.25. The number of hydrogen-bond donors (Lipinski definition) is 1. The van der Waals surface area contributed by atoms with E-state index >= 15 is 0 Å². The molecule has 0 radical (unpaired) electrons. The maximum absolute atomic E-state index is 15.0. The number of anilines is 2. The Kier molecular flexibility index (Phi) is 6.02. The summed E-state index contributed by atoms with van der Waals surface area (Å²) in [6, 6.07) is 11.3. The van der Waals surface area contributed by atoms with Crippen LogP contribution in [-0.4, -0.2) is 28.9 Å². The molecule has 0 spiro atoms. The second-order valence-electron chi connectivity index (χ2n) is 8.36. The van der Waals surface area contributed by atoms with Gasteiger partial charge in [0.15, 0.2) is 0 Å². The molecule has 0 aliphatic carbocycles. The lowest BCUT2D eigenvalue weighted by molar-refractivity contribution is 0.628. The molecule has 184 valence electrons. The second kappa shape index (κ2) is 9.33. The molecular formula is C25H18ClFN8O2. The number of nitriles is 1. The van der Waals surface area contributed by atoms with Crippen LogP contribution in [0.1, 0.15) is 16.7 Å². The second-order valence-corrected chi connectivity index (χ2v) is 8.79. The van der Waals surface area contributed by atoms with Gasteiger partial charge >= 0.3 is 11.4 Å². The highest BCUT2D eigenvalue weighted by molar-refractivity contribution is 6.30. The van der Waals surface area contributed by atoms with E-state index in [2.05, 4.69) is 26.5 Å². The molecule has 0 saturated heterocycles. The van der Waals surface area contributed by atoms with Crippen molar-refractivity contribution < 1.29 is 4.39 Å². The number of nitrogens with zero attached hydrogens (tertiary/aromatic N) is 7. The Bertz CT molecular complexity index is 1850. The van der Waals surface area contributed by atoms with Crippen LogP contribution < -0.4 is 16.7 Å². The fourth-order valence-corrected chi connectivity index (χ4v) is 4.11. The highest BCUT2D eigenvalue weighted by Gasteiger charge is 2.18. The Morgan fingerprint density at radius 2 is 1.97 bits per heavy atom. The quantitative estimate of drug-likeness (QED) is 0.379. The number of hydrogen-bond acceptors (Lipinski definition) is 7. The molecule has 0 aliphatic heterocycles. The lowest BCUT2D eigenvalue weighted by Crippen LogP contribution is -2.42. The van der Waals surface area contributed by atoms with Gasteiger partial charge in [-0.3, -0.25) is 14.2 Å². The van der Waals surface area contributed by atoms with Crippen molar-refractivity contribution in [3.63, 3.8) is 0 Å². The fourth-order valence-electron chi connectivity index (χ4n) is 3.94. The number of rotatable bonds is 5. The molecule has 0 fully saturated rings. The molecule has 5 aromatic rings. The third-order valence-electron chi connectivity index (χ3n) is 5.78. The lowest BCUT2D eigenvalue weighted by Gasteiger charge is -2.17. The van der Waals surface area contributed by atoms with Crippen LogP contribution in [0.25, 0.3) is 16.6 Å². The highest BCUT2D eigenvalue weighted by atomic mass is 35.5. The van der Waals surface area contributed by atoms with Crippen molar-refractivity contribution >= 4 is 34.1 Å². The molecule has 3 aromatic heterocycles. The first-order valence-electron chi connectivity index (χ1n) is 11.0. The van der Waals surface area contributed by atoms with E-state index in [4.69, 9.17) is 11.6 Å². The standard InChI is InChI=1S/C25H18ClFN8O2/c1-14-3-4-15(9-28)5-16(14)13-34-23(30-22-6-17-12-33(2)32-21(17)8-20(22)27)31-24(36)35(25(34)37)19-7-18(26)10-29-11-19/h3-8,10-12H,13H2,1-2H3,(H,30,31,36). The van der Waals surface area contributed by atoms with Gasteiger partial charge < -0.3 is 5.32 Å². The summed E-state index contributed by atoms with van der Waals surface area (Å²) in [4.78, 5) is 34.7. The molecule has 0 unspecified atom stereocenters. The van der Waals surface area contributed by atoms with Gasteiger partial charge in [0.1, 0.15) is 5.82 Å². The molecule has 12 heteroatoms. The average Bonchev–Trinajstić information content (AvgIpc) is 3.21. The van der Waals surface area contributed by atoms with Crippen LogP contribution in [0.5, 0.6) is 0 Å². The van der Waals surface area contributed by atoms with Crippen molar-refractivity contribution in [1.82, 2.24) is 28.9 Å². The summed E-state index contributed by atoms with van der Waals surface area (Å²) in [5, 5.41) is 17.2. The minimum absolute atomic E-state index is 0.00483. The van der Waals surface area contributed by atoms with E-state index < -0.39 is 17.2 Å². The van der Waals surface area contributed by atoms with Crippen molar-refractivity contribution in [2.75, 3.05) is 5.32 Å². The van der Waals surface area contributed by atoms with Crippen LogP contribution in [0.2, 0.25) is 5.02 Å². The molecule has 3 heterocycles. The zero-order chi connectivity index (χ0) is 26.3. The van der Waals surface area contributed by atoms with Gasteiger partial charge in [-0.2, -0.15) is 15.3 Å². The Morgan fingerprint density at radius 3 is 2.73 bits per heavy atom. The maximum Gasteiger partial charge on any atom is 0.359 e. The first kappa shape index (κ1) is 23.9. The monoisotopic (exact) mass is 516 g/mol. The topological polar surface area (TPSA) is 123 Å². The van der Waals surface area contributed by atoms with Crippen LogP contribution >= 0.6 is 11.6 Å². The van der Waals surface area contributed by atoms with Gasteiger partial charge in [-0.05, 0) is 42.3 Å². The first-order chi connectivity index (χ1) is 17.7. The number of nitrogens with one attached hydrogen (secondary N) is 1. The number of aryl methyl sites for hydroxylation is 2. The number of fused-ring (bicyclic) bond motifs is 1.